The number of fused-ring (bicyclic) bond motifs is 1. The number of para-hydroxylation sites is 2. The number of carbonyl (C=O) groups is 1. The Kier molecular flexibility index (Phi) is 5.53. The van der Waals surface area contributed by atoms with Gasteiger partial charge in [0.05, 0.1) is 12.3 Å². The summed E-state index contributed by atoms with van der Waals surface area (Å²) in [4.78, 5) is 23.5. The first kappa shape index (κ1) is 17.5. The maximum absolute atomic E-state index is 12.2. The second-order valence-corrected chi connectivity index (χ2v) is 5.64. The molecule has 0 fully saturated rings. The predicted octanol–water partition coefficient (Wildman–Crippen LogP) is 3.60. The molecule has 0 aliphatic heterocycles. The number of anilines is 1. The summed E-state index contributed by atoms with van der Waals surface area (Å²) in [5.74, 6) is 0.750. The summed E-state index contributed by atoms with van der Waals surface area (Å²) >= 11 is 0. The summed E-state index contributed by atoms with van der Waals surface area (Å²) < 4.78 is 16.2. The summed E-state index contributed by atoms with van der Waals surface area (Å²) in [6.45, 7) is 2.41. The maximum atomic E-state index is 12.2. The molecule has 3 rings (SSSR count). The SMILES string of the molecule is CCCOc1ccccc1NC(=O)COc1ccc2ccc(=O)oc2c1. The molecule has 1 N–H and O–H groups in total. The molecule has 0 aliphatic carbocycles. The van der Waals surface area contributed by atoms with Crippen molar-refractivity contribution in [3.05, 3.63) is 65.0 Å². The Bertz CT molecular complexity index is 964. The van der Waals surface area contributed by atoms with Crippen molar-refractivity contribution in [2.45, 2.75) is 13.3 Å². The van der Waals surface area contributed by atoms with Crippen LogP contribution in [0.25, 0.3) is 11.0 Å². The second kappa shape index (κ2) is 8.20. The fourth-order valence-corrected chi connectivity index (χ4v) is 2.37. The molecule has 1 heterocycles. The fraction of sp³-hybridized carbons (Fsp3) is 0.200. The van der Waals surface area contributed by atoms with Gasteiger partial charge in [-0.2, -0.15) is 0 Å². The second-order valence-electron chi connectivity index (χ2n) is 5.64. The number of benzene rings is 2. The van der Waals surface area contributed by atoms with Gasteiger partial charge in [-0.3, -0.25) is 4.79 Å². The average molecular weight is 353 g/mol. The van der Waals surface area contributed by atoms with Gasteiger partial charge in [0, 0.05) is 17.5 Å². The molecule has 0 spiro atoms. The van der Waals surface area contributed by atoms with E-state index in [1.807, 2.05) is 19.1 Å². The molecular formula is C20H19NO5. The first-order valence-electron chi connectivity index (χ1n) is 8.34. The van der Waals surface area contributed by atoms with Gasteiger partial charge in [-0.15, -0.1) is 0 Å². The van der Waals surface area contributed by atoms with E-state index in [1.165, 1.54) is 6.07 Å². The molecule has 3 aromatic rings. The molecule has 6 nitrogen and oxygen atoms in total. The van der Waals surface area contributed by atoms with Gasteiger partial charge < -0.3 is 19.2 Å². The van der Waals surface area contributed by atoms with Crippen LogP contribution in [-0.4, -0.2) is 19.1 Å². The summed E-state index contributed by atoms with van der Waals surface area (Å²) in [5, 5.41) is 3.55. The lowest BCUT2D eigenvalue weighted by Crippen LogP contribution is -2.20. The van der Waals surface area contributed by atoms with Crippen LogP contribution in [-0.2, 0) is 4.79 Å². The van der Waals surface area contributed by atoms with Crippen LogP contribution in [0.15, 0.2) is 63.8 Å². The third kappa shape index (κ3) is 4.42. The van der Waals surface area contributed by atoms with E-state index in [0.717, 1.165) is 11.8 Å². The molecule has 0 unspecified atom stereocenters. The lowest BCUT2D eigenvalue weighted by molar-refractivity contribution is -0.118. The Labute approximate surface area is 150 Å². The fourth-order valence-electron chi connectivity index (χ4n) is 2.37. The molecule has 0 saturated carbocycles. The van der Waals surface area contributed by atoms with Crippen LogP contribution in [0.4, 0.5) is 5.69 Å². The molecule has 1 amide bonds. The molecule has 134 valence electrons. The molecular weight excluding hydrogens is 334 g/mol. The van der Waals surface area contributed by atoms with E-state index in [-0.39, 0.29) is 12.5 Å². The summed E-state index contributed by atoms with van der Waals surface area (Å²) in [6, 6.07) is 15.3. The molecule has 0 atom stereocenters. The molecule has 26 heavy (non-hydrogen) atoms. The molecule has 0 radical (unpaired) electrons. The van der Waals surface area contributed by atoms with Crippen LogP contribution in [0.2, 0.25) is 0 Å². The van der Waals surface area contributed by atoms with Crippen molar-refractivity contribution in [2.24, 2.45) is 0 Å². The first-order valence-corrected chi connectivity index (χ1v) is 8.34. The Balaban J connectivity index is 1.63. The minimum atomic E-state index is -0.434. The third-order valence-electron chi connectivity index (χ3n) is 3.59. The average Bonchev–Trinajstić information content (AvgIpc) is 2.65. The van der Waals surface area contributed by atoms with Crippen molar-refractivity contribution in [1.82, 2.24) is 0 Å². The highest BCUT2D eigenvalue weighted by atomic mass is 16.5. The van der Waals surface area contributed by atoms with E-state index in [9.17, 15) is 9.59 Å². The van der Waals surface area contributed by atoms with Crippen molar-refractivity contribution in [3.63, 3.8) is 0 Å². The van der Waals surface area contributed by atoms with Gasteiger partial charge in [0.25, 0.3) is 5.91 Å². The van der Waals surface area contributed by atoms with Crippen molar-refractivity contribution in [1.29, 1.82) is 0 Å². The standard InChI is InChI=1S/C20H19NO5/c1-2-11-24-17-6-4-3-5-16(17)21-19(22)13-25-15-9-7-14-8-10-20(23)26-18(14)12-15/h3-10,12H,2,11,13H2,1H3,(H,21,22). The number of rotatable bonds is 7. The van der Waals surface area contributed by atoms with E-state index < -0.39 is 5.63 Å². The zero-order valence-corrected chi connectivity index (χ0v) is 14.4. The number of carbonyl (C=O) groups excluding carboxylic acids is 1. The number of amides is 1. The van der Waals surface area contributed by atoms with Gasteiger partial charge in [-0.1, -0.05) is 19.1 Å². The quantitative estimate of drug-likeness (QED) is 0.657. The van der Waals surface area contributed by atoms with Crippen molar-refractivity contribution in [3.8, 4) is 11.5 Å². The highest BCUT2D eigenvalue weighted by molar-refractivity contribution is 5.93. The van der Waals surface area contributed by atoms with Crippen molar-refractivity contribution < 1.29 is 18.7 Å². The molecule has 1 aromatic heterocycles. The molecule has 0 aliphatic rings. The summed E-state index contributed by atoms with van der Waals surface area (Å²) in [6.07, 6.45) is 0.878. The van der Waals surface area contributed by atoms with Crippen LogP contribution in [0.3, 0.4) is 0 Å². The van der Waals surface area contributed by atoms with Gasteiger partial charge in [-0.05, 0) is 36.8 Å². The Morgan fingerprint density at radius 1 is 1.08 bits per heavy atom. The van der Waals surface area contributed by atoms with Crippen molar-refractivity contribution in [2.75, 3.05) is 18.5 Å². The minimum absolute atomic E-state index is 0.176. The van der Waals surface area contributed by atoms with Gasteiger partial charge in [-0.25, -0.2) is 4.79 Å². The third-order valence-corrected chi connectivity index (χ3v) is 3.59. The van der Waals surface area contributed by atoms with E-state index in [0.29, 0.717) is 29.4 Å². The van der Waals surface area contributed by atoms with Crippen LogP contribution in [0.5, 0.6) is 11.5 Å². The van der Waals surface area contributed by atoms with Crippen LogP contribution < -0.4 is 20.4 Å². The van der Waals surface area contributed by atoms with E-state index in [1.54, 1.807) is 36.4 Å². The molecule has 0 saturated heterocycles. The lowest BCUT2D eigenvalue weighted by atomic mass is 10.2. The number of nitrogens with one attached hydrogen (secondary N) is 1. The van der Waals surface area contributed by atoms with Gasteiger partial charge in [0.15, 0.2) is 6.61 Å². The zero-order chi connectivity index (χ0) is 18.4. The Morgan fingerprint density at radius 2 is 1.88 bits per heavy atom. The molecule has 6 heteroatoms. The minimum Gasteiger partial charge on any atom is -0.491 e. The monoisotopic (exact) mass is 353 g/mol. The van der Waals surface area contributed by atoms with Gasteiger partial charge >= 0.3 is 5.63 Å². The van der Waals surface area contributed by atoms with Crippen LogP contribution >= 0.6 is 0 Å². The van der Waals surface area contributed by atoms with Gasteiger partial charge in [0.1, 0.15) is 17.1 Å². The lowest BCUT2D eigenvalue weighted by Gasteiger charge is -2.12. The molecule has 0 bridgehead atoms. The Morgan fingerprint density at radius 3 is 2.73 bits per heavy atom. The predicted molar refractivity (Wildman–Crippen MR) is 98.8 cm³/mol. The van der Waals surface area contributed by atoms with Crippen LogP contribution in [0, 0.1) is 0 Å². The molecule has 2 aromatic carbocycles. The Hall–Kier alpha value is -3.28. The maximum Gasteiger partial charge on any atom is 0.336 e. The highest BCUT2D eigenvalue weighted by Crippen LogP contribution is 2.24. The number of ether oxygens (including phenoxy) is 2. The largest absolute Gasteiger partial charge is 0.491 e. The highest BCUT2D eigenvalue weighted by Gasteiger charge is 2.09. The van der Waals surface area contributed by atoms with Crippen molar-refractivity contribution >= 4 is 22.6 Å². The van der Waals surface area contributed by atoms with Gasteiger partial charge in [0.2, 0.25) is 0 Å². The van der Waals surface area contributed by atoms with E-state index >= 15 is 0 Å². The topological polar surface area (TPSA) is 77.8 Å². The first-order chi connectivity index (χ1) is 12.7. The zero-order valence-electron chi connectivity index (χ0n) is 14.4. The number of hydrogen-bond donors (Lipinski definition) is 1. The normalized spacial score (nSPS) is 10.5. The number of hydrogen-bond acceptors (Lipinski definition) is 5. The summed E-state index contributed by atoms with van der Waals surface area (Å²) in [5.41, 5.74) is 0.573. The van der Waals surface area contributed by atoms with Crippen LogP contribution in [0.1, 0.15) is 13.3 Å². The summed E-state index contributed by atoms with van der Waals surface area (Å²) in [7, 11) is 0. The van der Waals surface area contributed by atoms with E-state index in [2.05, 4.69) is 5.32 Å². The van der Waals surface area contributed by atoms with E-state index in [4.69, 9.17) is 13.9 Å². The smallest absolute Gasteiger partial charge is 0.336 e.